The lowest BCUT2D eigenvalue weighted by atomic mass is 9.90. The Kier molecular flexibility index (Phi) is 1.90. The van der Waals surface area contributed by atoms with Crippen LogP contribution in [-0.2, 0) is 9.57 Å². The predicted molar refractivity (Wildman–Crippen MR) is 58.8 cm³/mol. The summed E-state index contributed by atoms with van der Waals surface area (Å²) in [4.78, 5) is 16.5. The molecule has 6 heteroatoms. The summed E-state index contributed by atoms with van der Waals surface area (Å²) in [7, 11) is 0. The van der Waals surface area contributed by atoms with Gasteiger partial charge in [0.2, 0.25) is 0 Å². The summed E-state index contributed by atoms with van der Waals surface area (Å²) in [6.07, 6.45) is -1.39. The lowest BCUT2D eigenvalue weighted by molar-refractivity contribution is -0.0852. The first-order valence-electron chi connectivity index (χ1n) is 5.19. The number of rotatable bonds is 1. The fraction of sp³-hybridized carbons (Fsp3) is 0.273. The number of carbonyl (C=O) groups excluding carboxylic acids is 1. The maximum atomic E-state index is 11.4. The minimum absolute atomic E-state index is 0.594. The lowest BCUT2D eigenvalue weighted by Crippen LogP contribution is -2.56. The molecule has 2 aliphatic rings. The summed E-state index contributed by atoms with van der Waals surface area (Å²) in [5.41, 5.74) is 0.570. The topological polar surface area (TPSA) is 77.2 Å². The molecule has 0 aliphatic carbocycles. The van der Waals surface area contributed by atoms with Crippen molar-refractivity contribution in [1.82, 2.24) is 5.01 Å². The Bertz CT molecular complexity index is 502. The molecule has 3 rings (SSSR count). The Morgan fingerprint density at radius 1 is 1.41 bits per heavy atom. The van der Waals surface area contributed by atoms with Crippen LogP contribution in [0, 0.1) is 0 Å². The van der Waals surface area contributed by atoms with Crippen LogP contribution in [0.1, 0.15) is 12.5 Å². The van der Waals surface area contributed by atoms with Crippen molar-refractivity contribution < 1.29 is 14.4 Å². The molecule has 0 aromatic heterocycles. The number of nitrogens with two attached hydrogens (primary N) is 1. The first-order valence-corrected chi connectivity index (χ1v) is 5.19. The Balaban J connectivity index is 2.06. The van der Waals surface area contributed by atoms with Crippen LogP contribution in [0.2, 0.25) is 0 Å². The van der Waals surface area contributed by atoms with E-state index in [-0.39, 0.29) is 0 Å². The van der Waals surface area contributed by atoms with Gasteiger partial charge < -0.3 is 9.57 Å². The Hall–Kier alpha value is -2.08. The molecule has 1 aromatic carbocycles. The van der Waals surface area contributed by atoms with Crippen molar-refractivity contribution in [2.45, 2.75) is 18.8 Å². The van der Waals surface area contributed by atoms with Gasteiger partial charge in [0.15, 0.2) is 5.54 Å². The average Bonchev–Trinajstić information content (AvgIpc) is 2.77. The van der Waals surface area contributed by atoms with E-state index in [1.807, 2.05) is 30.3 Å². The fourth-order valence-electron chi connectivity index (χ4n) is 2.05. The molecule has 1 aromatic rings. The molecule has 0 radical (unpaired) electrons. The molecule has 6 nitrogen and oxygen atoms in total. The summed E-state index contributed by atoms with van der Waals surface area (Å²) < 4.78 is 4.98. The minimum Gasteiger partial charge on any atom is -0.403 e. The maximum absolute atomic E-state index is 11.4. The third-order valence-corrected chi connectivity index (χ3v) is 3.13. The molecule has 2 heterocycles. The summed E-state index contributed by atoms with van der Waals surface area (Å²) >= 11 is 0. The normalized spacial score (nSPS) is 30.7. The van der Waals surface area contributed by atoms with Gasteiger partial charge in [-0.25, -0.2) is 15.6 Å². The Morgan fingerprint density at radius 2 is 2.12 bits per heavy atom. The fourth-order valence-corrected chi connectivity index (χ4v) is 2.05. The number of fused-ring (bicyclic) bond motifs is 1. The molecule has 2 N–H and O–H groups in total. The third kappa shape index (κ3) is 1.18. The van der Waals surface area contributed by atoms with Gasteiger partial charge in [-0.1, -0.05) is 35.5 Å². The highest BCUT2D eigenvalue weighted by atomic mass is 16.8. The second-order valence-electron chi connectivity index (χ2n) is 4.14. The number of hydrogen-bond donors (Lipinski definition) is 1. The molecule has 2 aliphatic heterocycles. The molecule has 1 saturated heterocycles. The molecular formula is C11H11N3O3. The first kappa shape index (κ1) is 10.1. The van der Waals surface area contributed by atoms with Crippen LogP contribution in [0.5, 0.6) is 0 Å². The van der Waals surface area contributed by atoms with E-state index in [4.69, 9.17) is 15.4 Å². The van der Waals surface area contributed by atoms with Gasteiger partial charge in [0.05, 0.1) is 0 Å². The van der Waals surface area contributed by atoms with Crippen LogP contribution in [-0.4, -0.2) is 28.6 Å². The zero-order valence-electron chi connectivity index (χ0n) is 9.16. The number of hydrogen-bond acceptors (Lipinski definition) is 5. The molecule has 1 amide bonds. The molecule has 0 spiro atoms. The van der Waals surface area contributed by atoms with E-state index in [0.29, 0.717) is 5.71 Å². The van der Waals surface area contributed by atoms with Crippen LogP contribution in [0.3, 0.4) is 0 Å². The highest BCUT2D eigenvalue weighted by Crippen LogP contribution is 2.36. The lowest BCUT2D eigenvalue weighted by Gasteiger charge is -2.26. The monoisotopic (exact) mass is 233 g/mol. The van der Waals surface area contributed by atoms with E-state index in [1.54, 1.807) is 6.92 Å². The molecule has 17 heavy (non-hydrogen) atoms. The van der Waals surface area contributed by atoms with Gasteiger partial charge in [-0.2, -0.15) is 0 Å². The zero-order valence-corrected chi connectivity index (χ0v) is 9.16. The molecule has 1 fully saturated rings. The van der Waals surface area contributed by atoms with Crippen LogP contribution in [0.4, 0.5) is 4.79 Å². The molecule has 88 valence electrons. The Morgan fingerprint density at radius 3 is 2.82 bits per heavy atom. The SMILES string of the molecule is C[C@]12C(c3ccccc3)=NO[C@H]1OC(=O)N2N. The average molecular weight is 233 g/mol. The van der Waals surface area contributed by atoms with Crippen molar-refractivity contribution in [2.75, 3.05) is 0 Å². The molecule has 0 bridgehead atoms. The minimum atomic E-state index is -0.877. The standard InChI is InChI=1S/C11H11N3O3/c1-11-8(7-5-3-2-4-6-7)13-17-9(11)16-10(15)14(11)12/h2-6,9H,12H2,1H3/t9-,11+/m1/s1. The molecule has 0 saturated carbocycles. The van der Waals surface area contributed by atoms with Crippen molar-refractivity contribution in [1.29, 1.82) is 0 Å². The maximum Gasteiger partial charge on any atom is 0.428 e. The van der Waals surface area contributed by atoms with Gasteiger partial charge >= 0.3 is 6.09 Å². The van der Waals surface area contributed by atoms with Crippen molar-refractivity contribution >= 4 is 11.8 Å². The number of hydrazine groups is 1. The number of carbonyl (C=O) groups is 1. The van der Waals surface area contributed by atoms with Gasteiger partial charge in [0.25, 0.3) is 6.29 Å². The van der Waals surface area contributed by atoms with E-state index >= 15 is 0 Å². The number of oxime groups is 1. The number of nitrogens with zero attached hydrogens (tertiary/aromatic N) is 2. The second kappa shape index (κ2) is 3.21. The summed E-state index contributed by atoms with van der Waals surface area (Å²) in [5.74, 6) is 5.72. The van der Waals surface area contributed by atoms with Gasteiger partial charge in [-0.05, 0) is 6.92 Å². The second-order valence-corrected chi connectivity index (χ2v) is 4.14. The van der Waals surface area contributed by atoms with Crippen LogP contribution >= 0.6 is 0 Å². The summed E-state index contributed by atoms with van der Waals surface area (Å²) in [6, 6.07) is 9.43. The highest BCUT2D eigenvalue weighted by Gasteiger charge is 2.60. The summed E-state index contributed by atoms with van der Waals surface area (Å²) in [5, 5.41) is 4.99. The molecule has 0 unspecified atom stereocenters. The highest BCUT2D eigenvalue weighted by molar-refractivity contribution is 6.10. The van der Waals surface area contributed by atoms with Crippen molar-refractivity contribution in [3.8, 4) is 0 Å². The van der Waals surface area contributed by atoms with E-state index in [9.17, 15) is 4.79 Å². The van der Waals surface area contributed by atoms with E-state index < -0.39 is 17.9 Å². The van der Waals surface area contributed by atoms with E-state index in [2.05, 4.69) is 5.16 Å². The molecule has 2 atom stereocenters. The van der Waals surface area contributed by atoms with E-state index in [1.165, 1.54) is 0 Å². The quantitative estimate of drug-likeness (QED) is 0.575. The molecular weight excluding hydrogens is 222 g/mol. The largest absolute Gasteiger partial charge is 0.428 e. The van der Waals surface area contributed by atoms with Gasteiger partial charge in [0, 0.05) is 5.56 Å². The van der Waals surface area contributed by atoms with E-state index in [0.717, 1.165) is 10.6 Å². The predicted octanol–water partition coefficient (Wildman–Crippen LogP) is 0.832. The smallest absolute Gasteiger partial charge is 0.403 e. The van der Waals surface area contributed by atoms with Gasteiger partial charge in [-0.3, -0.25) is 0 Å². The third-order valence-electron chi connectivity index (χ3n) is 3.13. The number of benzene rings is 1. The van der Waals surface area contributed by atoms with Gasteiger partial charge in [0.1, 0.15) is 5.71 Å². The van der Waals surface area contributed by atoms with Crippen molar-refractivity contribution in [3.05, 3.63) is 35.9 Å². The first-order chi connectivity index (χ1) is 8.14. The number of ether oxygens (including phenoxy) is 1. The number of amides is 1. The van der Waals surface area contributed by atoms with Crippen molar-refractivity contribution in [2.24, 2.45) is 11.0 Å². The Labute approximate surface area is 97.6 Å². The van der Waals surface area contributed by atoms with Crippen LogP contribution in [0.15, 0.2) is 35.5 Å². The zero-order chi connectivity index (χ0) is 12.0. The van der Waals surface area contributed by atoms with Gasteiger partial charge in [-0.15, -0.1) is 0 Å². The van der Waals surface area contributed by atoms with Crippen LogP contribution in [0.25, 0.3) is 0 Å². The summed E-state index contributed by atoms with van der Waals surface area (Å²) in [6.45, 7) is 1.77. The van der Waals surface area contributed by atoms with Crippen molar-refractivity contribution in [3.63, 3.8) is 0 Å². The van der Waals surface area contributed by atoms with Crippen LogP contribution < -0.4 is 5.84 Å².